The van der Waals surface area contributed by atoms with Crippen LogP contribution in [0.5, 0.6) is 0 Å². The van der Waals surface area contributed by atoms with E-state index in [9.17, 15) is 14.4 Å². The van der Waals surface area contributed by atoms with Crippen molar-refractivity contribution in [1.29, 1.82) is 0 Å². The predicted octanol–water partition coefficient (Wildman–Crippen LogP) is 3.54. The molecule has 2 fully saturated rings. The molecule has 2 aromatic carbocycles. The second kappa shape index (κ2) is 11.9. The van der Waals surface area contributed by atoms with E-state index in [2.05, 4.69) is 10.6 Å². The minimum Gasteiger partial charge on any atom is -0.442 e. The van der Waals surface area contributed by atoms with E-state index in [0.717, 1.165) is 0 Å². The molecule has 13 heteroatoms. The molecule has 38 heavy (non-hydrogen) atoms. The summed E-state index contributed by atoms with van der Waals surface area (Å²) >= 11 is 18.7. The van der Waals surface area contributed by atoms with Gasteiger partial charge in [0.1, 0.15) is 18.1 Å². The van der Waals surface area contributed by atoms with Gasteiger partial charge in [0.25, 0.3) is 5.91 Å². The van der Waals surface area contributed by atoms with Crippen molar-refractivity contribution < 1.29 is 23.5 Å². The van der Waals surface area contributed by atoms with Crippen molar-refractivity contribution in [3.05, 3.63) is 59.9 Å². The largest absolute Gasteiger partial charge is 0.442 e. The zero-order chi connectivity index (χ0) is 27.4. The van der Waals surface area contributed by atoms with Crippen LogP contribution in [0.1, 0.15) is 17.3 Å². The molecule has 2 N–H and O–H groups in total. The lowest BCUT2D eigenvalue weighted by atomic mass is 10.2. The molecule has 0 radical (unpaired) electrons. The Balaban J connectivity index is 1.38. The summed E-state index contributed by atoms with van der Waals surface area (Å²) in [5.41, 5.74) is 1.17. The second-order valence-corrected chi connectivity index (χ2v) is 11.4. The highest BCUT2D eigenvalue weighted by atomic mass is 35.6. The molecule has 0 aromatic heterocycles. The maximum Gasteiger partial charge on any atom is 0.414 e. The van der Waals surface area contributed by atoms with Crippen molar-refractivity contribution in [2.24, 2.45) is 0 Å². The Morgan fingerprint density at radius 3 is 2.39 bits per heavy atom. The third-order valence-electron chi connectivity index (χ3n) is 6.33. The molecule has 0 bridgehead atoms. The van der Waals surface area contributed by atoms with E-state index in [1.54, 1.807) is 42.5 Å². The van der Waals surface area contributed by atoms with E-state index in [-0.39, 0.29) is 24.9 Å². The van der Waals surface area contributed by atoms with Crippen molar-refractivity contribution in [2.75, 3.05) is 49.1 Å². The molecule has 0 saturated carbocycles. The van der Waals surface area contributed by atoms with Gasteiger partial charge in [-0.2, -0.15) is 0 Å². The summed E-state index contributed by atoms with van der Waals surface area (Å²) in [7, 11) is 0. The average Bonchev–Trinajstić information content (AvgIpc) is 3.26. The maximum absolute atomic E-state index is 15.2. The van der Waals surface area contributed by atoms with Gasteiger partial charge in [-0.05, 0) is 30.3 Å². The van der Waals surface area contributed by atoms with Crippen LogP contribution in [0.15, 0.2) is 48.5 Å². The van der Waals surface area contributed by atoms with Crippen molar-refractivity contribution in [1.82, 2.24) is 15.5 Å². The van der Waals surface area contributed by atoms with E-state index in [1.807, 2.05) is 9.80 Å². The van der Waals surface area contributed by atoms with Gasteiger partial charge in [-0.25, -0.2) is 9.18 Å². The second-order valence-electron chi connectivity index (χ2n) is 9.00. The Hall–Kier alpha value is -2.79. The topological polar surface area (TPSA) is 94.2 Å². The number of anilines is 2. The number of piperazine rings is 1. The predicted molar refractivity (Wildman–Crippen MR) is 144 cm³/mol. The first-order valence-corrected chi connectivity index (χ1v) is 13.1. The first kappa shape index (κ1) is 28.2. The quantitative estimate of drug-likeness (QED) is 0.482. The van der Waals surface area contributed by atoms with Crippen molar-refractivity contribution in [2.45, 2.75) is 23.0 Å². The Kier molecular flexibility index (Phi) is 8.87. The molecular weight excluding hydrogens is 560 g/mol. The van der Waals surface area contributed by atoms with Crippen LogP contribution in [-0.4, -0.2) is 78.1 Å². The van der Waals surface area contributed by atoms with Gasteiger partial charge in [0.2, 0.25) is 9.70 Å². The summed E-state index contributed by atoms with van der Waals surface area (Å²) < 4.78 is 18.6. The van der Waals surface area contributed by atoms with Crippen LogP contribution in [-0.2, 0) is 9.53 Å². The number of carbonyl (C=O) groups is 3. The first-order chi connectivity index (χ1) is 18.0. The Morgan fingerprint density at radius 1 is 1.11 bits per heavy atom. The van der Waals surface area contributed by atoms with Gasteiger partial charge in [0.15, 0.2) is 0 Å². The third kappa shape index (κ3) is 6.79. The van der Waals surface area contributed by atoms with Crippen LogP contribution in [0.3, 0.4) is 0 Å². The minimum atomic E-state index is -1.79. The number of nitrogens with one attached hydrogen (secondary N) is 2. The Morgan fingerprint density at radius 2 is 1.79 bits per heavy atom. The van der Waals surface area contributed by atoms with Gasteiger partial charge < -0.3 is 20.3 Å². The van der Waals surface area contributed by atoms with Crippen LogP contribution >= 0.6 is 34.8 Å². The molecule has 2 aliphatic rings. The molecule has 0 spiro atoms. The number of hydrogen-bond donors (Lipinski definition) is 2. The molecule has 204 valence electrons. The van der Waals surface area contributed by atoms with Crippen molar-refractivity contribution in [3.8, 4) is 0 Å². The highest BCUT2D eigenvalue weighted by Crippen LogP contribution is 2.34. The van der Waals surface area contributed by atoms with Gasteiger partial charge >= 0.3 is 6.09 Å². The normalized spacial score (nSPS) is 19.2. The first-order valence-electron chi connectivity index (χ1n) is 12.0. The number of alkyl halides is 3. The molecule has 2 unspecified atom stereocenters. The molecule has 2 aliphatic heterocycles. The van der Waals surface area contributed by atoms with Crippen LogP contribution in [0.25, 0.3) is 0 Å². The molecule has 2 atom stereocenters. The fourth-order valence-electron chi connectivity index (χ4n) is 4.41. The number of amides is 3. The highest BCUT2D eigenvalue weighted by Gasteiger charge is 2.40. The zero-order valence-electron chi connectivity index (χ0n) is 20.5. The van der Waals surface area contributed by atoms with Gasteiger partial charge in [-0.3, -0.25) is 19.4 Å². The van der Waals surface area contributed by atoms with Gasteiger partial charge in [0, 0.05) is 38.7 Å². The van der Waals surface area contributed by atoms with E-state index in [0.29, 0.717) is 43.1 Å². The number of ether oxygens (including phenoxy) is 1. The molecule has 2 saturated heterocycles. The molecule has 2 aromatic rings. The Bertz CT molecular complexity index is 1180. The summed E-state index contributed by atoms with van der Waals surface area (Å²) in [5, 5.41) is 5.40. The summed E-state index contributed by atoms with van der Waals surface area (Å²) in [5.74, 6) is -1.09. The lowest BCUT2D eigenvalue weighted by molar-refractivity contribution is -0.119. The van der Waals surface area contributed by atoms with E-state index < -0.39 is 28.0 Å². The summed E-state index contributed by atoms with van der Waals surface area (Å²) in [6, 6.07) is 13.2. The summed E-state index contributed by atoms with van der Waals surface area (Å²) in [4.78, 5) is 41.1. The fraction of sp³-hybridized carbons (Fsp3) is 0.400. The van der Waals surface area contributed by atoms with Crippen LogP contribution in [0.2, 0.25) is 0 Å². The number of nitrogens with zero attached hydrogens (tertiary/aromatic N) is 3. The molecule has 3 amide bonds. The summed E-state index contributed by atoms with van der Waals surface area (Å²) in [6.07, 6.45) is -2.01. The van der Waals surface area contributed by atoms with Gasteiger partial charge in [-0.15, -0.1) is 0 Å². The number of rotatable bonds is 7. The SMILES string of the molecule is CC(=O)NCC1CN(c2ccc(N3CCN(C(NC(=O)c4ccccc4)C(Cl)(Cl)Cl)CC3)c(F)c2)C(=O)O1. The van der Waals surface area contributed by atoms with Gasteiger partial charge in [-0.1, -0.05) is 53.0 Å². The van der Waals surface area contributed by atoms with E-state index >= 15 is 4.39 Å². The van der Waals surface area contributed by atoms with Gasteiger partial charge in [0.05, 0.1) is 24.5 Å². The van der Waals surface area contributed by atoms with Crippen molar-refractivity contribution >= 4 is 64.1 Å². The number of benzene rings is 2. The highest BCUT2D eigenvalue weighted by molar-refractivity contribution is 6.68. The molecule has 0 aliphatic carbocycles. The monoisotopic (exact) mass is 585 g/mol. The Labute approximate surface area is 234 Å². The minimum absolute atomic E-state index is 0.184. The number of hydrogen-bond acceptors (Lipinski definition) is 6. The standard InChI is InChI=1S/C25H27Cl3FN5O4/c1-16(35)30-14-19-15-34(24(37)38-19)18-7-8-21(20(29)13-18)32-9-11-33(12-10-32)23(25(26,27)28)31-22(36)17-5-3-2-4-6-17/h2-8,13,19,23H,9-12,14-15H2,1H3,(H,30,35)(H,31,36). The lowest BCUT2D eigenvalue weighted by Gasteiger charge is -2.42. The number of halogens is 4. The molecule has 4 rings (SSSR count). The van der Waals surface area contributed by atoms with E-state index in [4.69, 9.17) is 39.5 Å². The van der Waals surface area contributed by atoms with Crippen LogP contribution in [0, 0.1) is 5.82 Å². The molecule has 9 nitrogen and oxygen atoms in total. The van der Waals surface area contributed by atoms with Crippen LogP contribution < -0.4 is 20.4 Å². The molecular formula is C25H27Cl3FN5O4. The lowest BCUT2D eigenvalue weighted by Crippen LogP contribution is -2.60. The zero-order valence-corrected chi connectivity index (χ0v) is 22.8. The average molecular weight is 587 g/mol. The van der Waals surface area contributed by atoms with Crippen LogP contribution in [0.4, 0.5) is 20.6 Å². The van der Waals surface area contributed by atoms with E-state index in [1.165, 1.54) is 17.9 Å². The number of cyclic esters (lactones) is 1. The summed E-state index contributed by atoms with van der Waals surface area (Å²) in [6.45, 7) is 3.39. The number of carbonyl (C=O) groups excluding carboxylic acids is 3. The molecule has 2 heterocycles. The van der Waals surface area contributed by atoms with Crippen molar-refractivity contribution in [3.63, 3.8) is 0 Å². The maximum atomic E-state index is 15.2. The smallest absolute Gasteiger partial charge is 0.414 e. The third-order valence-corrected chi connectivity index (χ3v) is 6.95. The fourth-order valence-corrected chi connectivity index (χ4v) is 4.99.